The van der Waals surface area contributed by atoms with Crippen LogP contribution in [0.2, 0.25) is 0 Å². The number of methoxy groups -OCH3 is 1. The molecule has 0 aromatic heterocycles. The van der Waals surface area contributed by atoms with Gasteiger partial charge in [-0.15, -0.1) is 12.4 Å². The summed E-state index contributed by atoms with van der Waals surface area (Å²) in [6, 6.07) is 32.4. The average molecular weight is 471 g/mol. The van der Waals surface area contributed by atoms with Crippen LogP contribution in [0.5, 0.6) is 0 Å². The SMILES string of the molecule is COCP(I)(c1ccccc1)(c1ccccc1)c1ccccc1.Cl. The maximum Gasteiger partial charge on any atom is -0.147 e. The maximum atomic E-state index is 5.82. The van der Waals surface area contributed by atoms with E-state index in [0.717, 1.165) is 0 Å². The molecule has 0 unspecified atom stereocenters. The van der Waals surface area contributed by atoms with Crippen molar-refractivity contribution in [2.45, 2.75) is 0 Å². The molecule has 0 saturated heterocycles. The minimum absolute atomic E-state index is 0. The van der Waals surface area contributed by atoms with Crippen LogP contribution in [0.15, 0.2) is 91.0 Å². The molecule has 126 valence electrons. The zero-order valence-corrected chi connectivity index (χ0v) is 17.4. The number of hydrogen-bond donors (Lipinski definition) is 0. The van der Waals surface area contributed by atoms with Gasteiger partial charge >= 0.3 is 151 Å². The molecule has 0 N–H and O–H groups in total. The van der Waals surface area contributed by atoms with Gasteiger partial charge in [0.25, 0.3) is 0 Å². The Bertz CT molecular complexity index is 666. The van der Waals surface area contributed by atoms with E-state index < -0.39 is 4.25 Å². The molecule has 0 heterocycles. The molecule has 3 aromatic rings. The molecule has 24 heavy (non-hydrogen) atoms. The van der Waals surface area contributed by atoms with Gasteiger partial charge in [0.1, 0.15) is 0 Å². The van der Waals surface area contributed by atoms with Gasteiger partial charge in [-0.1, -0.05) is 0 Å². The molecule has 1 nitrogen and oxygen atoms in total. The first kappa shape index (κ1) is 19.4. The predicted octanol–water partition coefficient (Wildman–Crippen LogP) is 4.89. The Labute approximate surface area is 163 Å². The predicted molar refractivity (Wildman–Crippen MR) is 118 cm³/mol. The average Bonchev–Trinajstić information content (AvgIpc) is 2.64. The van der Waals surface area contributed by atoms with Crippen LogP contribution in [0.1, 0.15) is 0 Å². The first-order chi connectivity index (χ1) is 11.2. The van der Waals surface area contributed by atoms with Crippen molar-refractivity contribution < 1.29 is 4.74 Å². The van der Waals surface area contributed by atoms with E-state index in [-0.39, 0.29) is 12.4 Å². The summed E-state index contributed by atoms with van der Waals surface area (Å²) in [6.45, 7) is 0. The van der Waals surface area contributed by atoms with E-state index >= 15 is 0 Å². The van der Waals surface area contributed by atoms with Crippen molar-refractivity contribution in [2.75, 3.05) is 13.5 Å². The zero-order valence-electron chi connectivity index (χ0n) is 13.5. The molecule has 4 heteroatoms. The third-order valence-electron chi connectivity index (χ3n) is 4.26. The molecule has 0 bridgehead atoms. The number of benzene rings is 3. The zero-order chi connectivity index (χ0) is 16.2. The fourth-order valence-corrected chi connectivity index (χ4v) is 11.1. The van der Waals surface area contributed by atoms with E-state index in [1.54, 1.807) is 7.11 Å². The third-order valence-corrected chi connectivity index (χ3v) is 15.0. The normalized spacial score (nSPS) is 12.7. The minimum atomic E-state index is -2.68. The Kier molecular flexibility index (Phi) is 6.44. The molecule has 0 spiro atoms. The second-order valence-corrected chi connectivity index (χ2v) is 16.2. The minimum Gasteiger partial charge on any atom is -0.147 e. The van der Waals surface area contributed by atoms with E-state index in [0.29, 0.717) is 6.35 Å². The van der Waals surface area contributed by atoms with Gasteiger partial charge in [0.05, 0.1) is 0 Å². The smallest absolute Gasteiger partial charge is 0.147 e. The Morgan fingerprint density at radius 1 is 0.667 bits per heavy atom. The van der Waals surface area contributed by atoms with E-state index in [4.69, 9.17) is 4.74 Å². The Hall–Kier alpha value is -0.930. The second-order valence-electron chi connectivity index (χ2n) is 5.61. The molecule has 3 rings (SSSR count). The van der Waals surface area contributed by atoms with Crippen LogP contribution in [0.4, 0.5) is 0 Å². The van der Waals surface area contributed by atoms with Crippen LogP contribution in [0, 0.1) is 0 Å². The third kappa shape index (κ3) is 3.13. The van der Waals surface area contributed by atoms with Crippen LogP contribution in [0.25, 0.3) is 0 Å². The molecule has 0 amide bonds. The monoisotopic (exact) mass is 470 g/mol. The van der Waals surface area contributed by atoms with Crippen LogP contribution >= 0.6 is 38.7 Å². The summed E-state index contributed by atoms with van der Waals surface area (Å²) in [4.78, 5) is 0. The van der Waals surface area contributed by atoms with Gasteiger partial charge < -0.3 is 0 Å². The Morgan fingerprint density at radius 2 is 0.958 bits per heavy atom. The van der Waals surface area contributed by atoms with Gasteiger partial charge in [-0.05, 0) is 0 Å². The summed E-state index contributed by atoms with van der Waals surface area (Å²) in [6.07, 6.45) is 0.685. The van der Waals surface area contributed by atoms with Crippen LogP contribution in [-0.2, 0) is 4.74 Å². The summed E-state index contributed by atoms with van der Waals surface area (Å²) in [5.74, 6) is 0. The van der Waals surface area contributed by atoms with Crippen LogP contribution in [0.3, 0.4) is 0 Å². The van der Waals surface area contributed by atoms with Crippen molar-refractivity contribution in [2.24, 2.45) is 0 Å². The molecule has 0 aliphatic carbocycles. The van der Waals surface area contributed by atoms with Gasteiger partial charge in [-0.25, -0.2) is 0 Å². The van der Waals surface area contributed by atoms with Gasteiger partial charge in [-0.2, -0.15) is 0 Å². The molecule has 3 aromatic carbocycles. The largest absolute Gasteiger partial charge is 0.147 e. The van der Waals surface area contributed by atoms with Gasteiger partial charge in [0.15, 0.2) is 0 Å². The van der Waals surface area contributed by atoms with Gasteiger partial charge in [0.2, 0.25) is 0 Å². The van der Waals surface area contributed by atoms with Crippen molar-refractivity contribution in [3.05, 3.63) is 91.0 Å². The summed E-state index contributed by atoms with van der Waals surface area (Å²) in [7, 11) is 1.80. The van der Waals surface area contributed by atoms with Crippen molar-refractivity contribution >= 4 is 54.6 Å². The second kappa shape index (κ2) is 7.97. The van der Waals surface area contributed by atoms with E-state index in [1.807, 2.05) is 0 Å². The first-order valence-corrected chi connectivity index (χ1v) is 12.8. The van der Waals surface area contributed by atoms with Crippen molar-refractivity contribution in [3.8, 4) is 0 Å². The van der Waals surface area contributed by atoms with Crippen molar-refractivity contribution in [1.29, 1.82) is 0 Å². The van der Waals surface area contributed by atoms with Gasteiger partial charge in [-0.3, -0.25) is 0 Å². The fourth-order valence-electron chi connectivity index (χ4n) is 3.13. The Balaban J connectivity index is 0.00000208. The topological polar surface area (TPSA) is 9.23 Å². The first-order valence-electron chi connectivity index (χ1n) is 7.59. The number of halogens is 2. The standard InChI is InChI=1S/C20H20IOP.ClH/c1-22-17-23(21,18-11-5-2-6-12-18,19-13-7-3-8-14-19)20-15-9-4-10-16-20;/h2-16H,17H2,1H3;1H. The number of rotatable bonds is 5. The summed E-state index contributed by atoms with van der Waals surface area (Å²) in [5.41, 5.74) is 0. The van der Waals surface area contributed by atoms with Crippen LogP contribution < -0.4 is 15.9 Å². The van der Waals surface area contributed by atoms with E-state index in [9.17, 15) is 0 Å². The van der Waals surface area contributed by atoms with Crippen molar-refractivity contribution in [3.63, 3.8) is 0 Å². The maximum absolute atomic E-state index is 5.82. The van der Waals surface area contributed by atoms with E-state index in [2.05, 4.69) is 113 Å². The summed E-state index contributed by atoms with van der Waals surface area (Å²) in [5, 5.41) is 4.04. The molecule has 0 atom stereocenters. The quantitative estimate of drug-likeness (QED) is 0.381. The molecular formula is C20H21ClIOP. The molecule has 0 saturated carbocycles. The number of hydrogen-bond acceptors (Lipinski definition) is 1. The molecule has 0 aliphatic heterocycles. The summed E-state index contributed by atoms with van der Waals surface area (Å²) >= 11 is 2.71. The Morgan fingerprint density at radius 3 is 1.21 bits per heavy atom. The molecule has 0 radical (unpaired) electrons. The molecule has 0 aliphatic rings. The van der Waals surface area contributed by atoms with Crippen LogP contribution in [-0.4, -0.2) is 13.5 Å². The molecular weight excluding hydrogens is 450 g/mol. The fraction of sp³-hybridized carbons (Fsp3) is 0.100. The van der Waals surface area contributed by atoms with Gasteiger partial charge in [0, 0.05) is 0 Å². The van der Waals surface area contributed by atoms with Crippen molar-refractivity contribution in [1.82, 2.24) is 0 Å². The molecule has 0 fully saturated rings. The number of ether oxygens (including phenoxy) is 1. The van der Waals surface area contributed by atoms with E-state index in [1.165, 1.54) is 15.9 Å². The summed E-state index contributed by atoms with van der Waals surface area (Å²) < 4.78 is 3.14.